The van der Waals surface area contributed by atoms with E-state index in [1.54, 1.807) is 12.0 Å². The maximum absolute atomic E-state index is 12.4. The van der Waals surface area contributed by atoms with Crippen molar-refractivity contribution in [2.75, 3.05) is 26.1 Å². The van der Waals surface area contributed by atoms with Gasteiger partial charge in [0.1, 0.15) is 5.52 Å². The summed E-state index contributed by atoms with van der Waals surface area (Å²) in [6.45, 7) is 2.56. The molecule has 0 atom stereocenters. The first kappa shape index (κ1) is 14.8. The van der Waals surface area contributed by atoms with Crippen molar-refractivity contribution >= 4 is 22.8 Å². The Morgan fingerprint density at radius 1 is 1.50 bits per heavy atom. The van der Waals surface area contributed by atoms with Crippen LogP contribution in [0.15, 0.2) is 22.6 Å². The number of aryl methyl sites for hydroxylation is 1. The summed E-state index contributed by atoms with van der Waals surface area (Å²) >= 11 is 0. The van der Waals surface area contributed by atoms with Crippen molar-refractivity contribution in [3.05, 3.63) is 24.1 Å². The van der Waals surface area contributed by atoms with Gasteiger partial charge in [-0.1, -0.05) is 6.92 Å². The molecule has 1 fully saturated rings. The second-order valence-electron chi connectivity index (χ2n) is 5.79. The van der Waals surface area contributed by atoms with Crippen LogP contribution in [0.2, 0.25) is 0 Å². The molecule has 0 saturated heterocycles. The third-order valence-electron chi connectivity index (χ3n) is 4.24. The van der Waals surface area contributed by atoms with Crippen molar-refractivity contribution in [1.29, 1.82) is 0 Å². The molecule has 1 aliphatic rings. The number of hydrogen-bond donors (Lipinski definition) is 1. The number of methoxy groups -OCH3 is 1. The van der Waals surface area contributed by atoms with E-state index in [2.05, 4.69) is 10.3 Å². The normalized spacial score (nSPS) is 15.8. The summed E-state index contributed by atoms with van der Waals surface area (Å²) < 4.78 is 10.8. The van der Waals surface area contributed by atoms with Crippen LogP contribution < -0.4 is 5.32 Å². The van der Waals surface area contributed by atoms with Crippen molar-refractivity contribution in [3.8, 4) is 0 Å². The molecule has 1 saturated carbocycles. The van der Waals surface area contributed by atoms with Crippen LogP contribution in [0, 0.1) is 0 Å². The van der Waals surface area contributed by atoms with Crippen LogP contribution in [-0.2, 0) is 11.2 Å². The zero-order valence-corrected chi connectivity index (χ0v) is 13.2. The van der Waals surface area contributed by atoms with Crippen molar-refractivity contribution in [2.24, 2.45) is 0 Å². The number of amides is 2. The first-order valence-electron chi connectivity index (χ1n) is 7.51. The van der Waals surface area contributed by atoms with E-state index >= 15 is 0 Å². The number of likely N-dealkylation sites (N-methyl/N-ethyl adjacent to an activating group) is 1. The van der Waals surface area contributed by atoms with E-state index in [0.717, 1.165) is 30.4 Å². The van der Waals surface area contributed by atoms with Crippen LogP contribution in [0.25, 0.3) is 11.1 Å². The first-order chi connectivity index (χ1) is 10.6. The van der Waals surface area contributed by atoms with Gasteiger partial charge in [0.05, 0.1) is 12.1 Å². The minimum atomic E-state index is -0.147. The van der Waals surface area contributed by atoms with Crippen molar-refractivity contribution < 1.29 is 13.9 Å². The van der Waals surface area contributed by atoms with Gasteiger partial charge in [-0.25, -0.2) is 9.78 Å². The van der Waals surface area contributed by atoms with Crippen LogP contribution in [0.5, 0.6) is 0 Å². The Morgan fingerprint density at radius 3 is 2.91 bits per heavy atom. The number of nitrogens with zero attached hydrogens (tertiary/aromatic N) is 2. The number of oxazole rings is 1. The number of nitrogens with one attached hydrogen (secondary N) is 1. The number of hydrogen-bond acceptors (Lipinski definition) is 4. The summed E-state index contributed by atoms with van der Waals surface area (Å²) in [5, 5.41) is 2.92. The van der Waals surface area contributed by atoms with E-state index in [4.69, 9.17) is 9.15 Å². The highest BCUT2D eigenvalue weighted by Gasteiger charge is 2.48. The van der Waals surface area contributed by atoms with Crippen LogP contribution in [0.3, 0.4) is 0 Å². The van der Waals surface area contributed by atoms with Gasteiger partial charge in [-0.15, -0.1) is 0 Å². The molecule has 2 amide bonds. The van der Waals surface area contributed by atoms with Crippen LogP contribution in [0.4, 0.5) is 10.5 Å². The molecular formula is C16H21N3O3. The van der Waals surface area contributed by atoms with Crippen LogP contribution >= 0.6 is 0 Å². The lowest BCUT2D eigenvalue weighted by atomic mass is 10.2. The molecule has 1 heterocycles. The van der Waals surface area contributed by atoms with E-state index in [9.17, 15) is 4.79 Å². The maximum atomic E-state index is 12.4. The zero-order chi connectivity index (χ0) is 15.7. The lowest BCUT2D eigenvalue weighted by Gasteiger charge is -2.27. The summed E-state index contributed by atoms with van der Waals surface area (Å²) in [4.78, 5) is 18.5. The SMILES string of the molecule is CCc1nc2cc(NC(=O)N(C)C3(COC)CC3)ccc2o1. The van der Waals surface area contributed by atoms with Gasteiger partial charge in [0.2, 0.25) is 0 Å². The molecule has 0 aliphatic heterocycles. The second-order valence-corrected chi connectivity index (χ2v) is 5.79. The molecule has 0 bridgehead atoms. The largest absolute Gasteiger partial charge is 0.441 e. The van der Waals surface area contributed by atoms with Crippen LogP contribution in [0.1, 0.15) is 25.7 Å². The summed E-state index contributed by atoms with van der Waals surface area (Å²) in [5.41, 5.74) is 2.07. The van der Waals surface area contributed by atoms with Crippen molar-refractivity contribution in [3.63, 3.8) is 0 Å². The molecule has 22 heavy (non-hydrogen) atoms. The fraction of sp³-hybridized carbons (Fsp3) is 0.500. The molecule has 1 aromatic heterocycles. The van der Waals surface area contributed by atoms with Crippen LogP contribution in [-0.4, -0.2) is 42.2 Å². The molecule has 1 aliphatic carbocycles. The molecule has 1 N–H and O–H groups in total. The molecule has 6 heteroatoms. The summed E-state index contributed by atoms with van der Waals surface area (Å²) in [7, 11) is 3.47. The molecule has 118 valence electrons. The average molecular weight is 303 g/mol. The lowest BCUT2D eigenvalue weighted by molar-refractivity contribution is 0.108. The minimum Gasteiger partial charge on any atom is -0.441 e. The maximum Gasteiger partial charge on any atom is 0.322 e. The molecule has 0 unspecified atom stereocenters. The van der Waals surface area contributed by atoms with Gasteiger partial charge in [0.15, 0.2) is 11.5 Å². The van der Waals surface area contributed by atoms with Gasteiger partial charge >= 0.3 is 6.03 Å². The smallest absolute Gasteiger partial charge is 0.322 e. The number of ether oxygens (including phenoxy) is 1. The number of fused-ring (bicyclic) bond motifs is 1. The topological polar surface area (TPSA) is 67.6 Å². The highest BCUT2D eigenvalue weighted by molar-refractivity contribution is 5.92. The minimum absolute atomic E-state index is 0.131. The number of benzene rings is 1. The fourth-order valence-electron chi connectivity index (χ4n) is 2.62. The number of anilines is 1. The third-order valence-corrected chi connectivity index (χ3v) is 4.24. The first-order valence-corrected chi connectivity index (χ1v) is 7.51. The van der Waals surface area contributed by atoms with Gasteiger partial charge < -0.3 is 19.4 Å². The molecule has 0 radical (unpaired) electrons. The summed E-state index contributed by atoms with van der Waals surface area (Å²) in [6.07, 6.45) is 2.71. The van der Waals surface area contributed by atoms with E-state index in [1.165, 1.54) is 0 Å². The molecule has 3 rings (SSSR count). The number of aromatic nitrogens is 1. The molecule has 1 aromatic carbocycles. The number of rotatable bonds is 5. The lowest BCUT2D eigenvalue weighted by Crippen LogP contribution is -2.44. The van der Waals surface area contributed by atoms with Gasteiger partial charge in [-0.2, -0.15) is 0 Å². The summed E-state index contributed by atoms with van der Waals surface area (Å²) in [5.74, 6) is 0.702. The van der Waals surface area contributed by atoms with Crippen molar-refractivity contribution in [2.45, 2.75) is 31.7 Å². The van der Waals surface area contributed by atoms with E-state index in [1.807, 2.05) is 32.2 Å². The van der Waals surface area contributed by atoms with Gasteiger partial charge in [-0.3, -0.25) is 0 Å². The molecule has 6 nitrogen and oxygen atoms in total. The third kappa shape index (κ3) is 2.66. The average Bonchev–Trinajstić information content (AvgIpc) is 3.17. The Kier molecular flexibility index (Phi) is 3.78. The Balaban J connectivity index is 1.73. The quantitative estimate of drug-likeness (QED) is 0.922. The van der Waals surface area contributed by atoms with E-state index < -0.39 is 0 Å². The Hall–Kier alpha value is -2.08. The number of urea groups is 1. The number of carbonyl (C=O) groups is 1. The zero-order valence-electron chi connectivity index (χ0n) is 13.2. The predicted molar refractivity (Wildman–Crippen MR) is 84.0 cm³/mol. The fourth-order valence-corrected chi connectivity index (χ4v) is 2.62. The van der Waals surface area contributed by atoms with Gasteiger partial charge in [0, 0.05) is 26.3 Å². The second kappa shape index (κ2) is 5.61. The highest BCUT2D eigenvalue weighted by Crippen LogP contribution is 2.41. The Morgan fingerprint density at radius 2 is 2.27 bits per heavy atom. The molecular weight excluding hydrogens is 282 g/mol. The van der Waals surface area contributed by atoms with E-state index in [0.29, 0.717) is 18.2 Å². The van der Waals surface area contributed by atoms with E-state index in [-0.39, 0.29) is 11.6 Å². The Labute approximate surface area is 129 Å². The predicted octanol–water partition coefficient (Wildman–Crippen LogP) is 3.03. The van der Waals surface area contributed by atoms with Gasteiger partial charge in [-0.05, 0) is 31.0 Å². The van der Waals surface area contributed by atoms with Crippen molar-refractivity contribution in [1.82, 2.24) is 9.88 Å². The Bertz CT molecular complexity index is 691. The highest BCUT2D eigenvalue weighted by atomic mass is 16.5. The standard InChI is InChI=1S/C16H21N3O3/c1-4-14-18-12-9-11(5-6-13(12)22-14)17-15(20)19(2)16(7-8-16)10-21-3/h5-6,9H,4,7-8,10H2,1-3H3,(H,17,20). The molecule has 2 aromatic rings. The number of carbonyl (C=O) groups excluding carboxylic acids is 1. The summed E-state index contributed by atoms with van der Waals surface area (Å²) in [6, 6.07) is 5.36. The molecule has 0 spiro atoms. The van der Waals surface area contributed by atoms with Gasteiger partial charge in [0.25, 0.3) is 0 Å². The monoisotopic (exact) mass is 303 g/mol.